The molecule has 0 spiro atoms. The van der Waals surface area contributed by atoms with Crippen molar-refractivity contribution in [3.8, 4) is 16.9 Å². The molecule has 1 unspecified atom stereocenters. The van der Waals surface area contributed by atoms with Gasteiger partial charge in [0.05, 0.1) is 12.2 Å². The number of nitrogens with zero attached hydrogens (tertiary/aromatic N) is 1. The molecule has 2 aliphatic rings. The number of ether oxygens (including phenoxy) is 2. The summed E-state index contributed by atoms with van der Waals surface area (Å²) in [7, 11) is 0. The Morgan fingerprint density at radius 3 is 2.50 bits per heavy atom. The van der Waals surface area contributed by atoms with Gasteiger partial charge in [0.15, 0.2) is 0 Å². The number of hydrogen-bond acceptors (Lipinski definition) is 4. The molecule has 1 aliphatic heterocycles. The lowest BCUT2D eigenvalue weighted by Crippen LogP contribution is -2.47. The van der Waals surface area contributed by atoms with Gasteiger partial charge in [-0.15, -0.1) is 0 Å². The van der Waals surface area contributed by atoms with Crippen LogP contribution in [0.25, 0.3) is 11.1 Å². The molecule has 1 heterocycles. The first-order valence-corrected chi connectivity index (χ1v) is 13.2. The van der Waals surface area contributed by atoms with Crippen LogP contribution in [-0.4, -0.2) is 49.5 Å². The molecule has 1 saturated carbocycles. The van der Waals surface area contributed by atoms with Gasteiger partial charge in [-0.05, 0) is 86.6 Å². The van der Waals surface area contributed by atoms with E-state index in [0.717, 1.165) is 54.7 Å². The van der Waals surface area contributed by atoms with E-state index < -0.39 is 5.97 Å². The largest absolute Gasteiger partial charge is 0.487 e. The number of carbonyl (C=O) groups excluding carboxylic acids is 1. The van der Waals surface area contributed by atoms with Crippen molar-refractivity contribution in [3.05, 3.63) is 48.0 Å². The molecule has 36 heavy (non-hydrogen) atoms. The number of carbonyl (C=O) groups is 2. The fourth-order valence-corrected chi connectivity index (χ4v) is 5.32. The monoisotopic (exact) mass is 494 g/mol. The van der Waals surface area contributed by atoms with Crippen LogP contribution in [-0.2, 0) is 9.53 Å². The van der Waals surface area contributed by atoms with Crippen molar-refractivity contribution in [2.75, 3.05) is 31.2 Å². The predicted molar refractivity (Wildman–Crippen MR) is 141 cm³/mol. The van der Waals surface area contributed by atoms with E-state index in [1.807, 2.05) is 32.0 Å². The third kappa shape index (κ3) is 6.58. The van der Waals surface area contributed by atoms with Crippen molar-refractivity contribution in [2.45, 2.75) is 64.4 Å². The molecule has 2 aromatic carbocycles. The van der Waals surface area contributed by atoms with Crippen molar-refractivity contribution in [2.24, 2.45) is 5.92 Å². The van der Waals surface area contributed by atoms with E-state index in [0.29, 0.717) is 38.1 Å². The molecule has 0 bridgehead atoms. The van der Waals surface area contributed by atoms with Crippen LogP contribution in [0.2, 0.25) is 0 Å². The van der Waals surface area contributed by atoms with Gasteiger partial charge in [0.25, 0.3) is 0 Å². The van der Waals surface area contributed by atoms with Gasteiger partial charge in [-0.2, -0.15) is 0 Å². The highest BCUT2D eigenvalue weighted by molar-refractivity contribution is 5.94. The number of anilines is 1. The number of benzene rings is 2. The van der Waals surface area contributed by atoms with Gasteiger partial charge in [-0.25, -0.2) is 4.79 Å². The number of hydrogen-bond donors (Lipinski definition) is 2. The van der Waals surface area contributed by atoms with Crippen molar-refractivity contribution in [3.63, 3.8) is 0 Å². The molecule has 0 radical (unpaired) electrons. The van der Waals surface area contributed by atoms with Crippen LogP contribution in [0, 0.1) is 5.92 Å². The quantitative estimate of drug-likeness (QED) is 0.429. The minimum Gasteiger partial charge on any atom is -0.487 e. The van der Waals surface area contributed by atoms with E-state index in [2.05, 4.69) is 29.6 Å². The van der Waals surface area contributed by atoms with Crippen LogP contribution in [0.15, 0.2) is 42.5 Å². The van der Waals surface area contributed by atoms with Crippen molar-refractivity contribution < 1.29 is 24.2 Å². The molecule has 2 aromatic rings. The molecule has 7 nitrogen and oxygen atoms in total. The highest BCUT2D eigenvalue weighted by Crippen LogP contribution is 2.39. The standard InChI is InChI=1S/C29H38N2O5/c1-3-35-16-4-15-30-29(34)31-19-20(2)36-27-18-25(13-14-26(27)31)24-11-9-23(10-12-24)22-7-5-21(6-8-22)17-28(32)33/h9-14,18,20-22H,3-8,15-17,19H2,1-2H3,(H,30,34)(H,32,33)/t20?,21-,22-. The summed E-state index contributed by atoms with van der Waals surface area (Å²) in [4.78, 5) is 25.6. The Balaban J connectivity index is 1.40. The molecule has 1 aliphatic carbocycles. The SMILES string of the molecule is CCOCCCNC(=O)N1CC(C)Oc2cc(-c3ccc([C@H]4CC[C@H](CC(=O)O)CC4)cc3)ccc21. The minimum atomic E-state index is -0.688. The van der Waals surface area contributed by atoms with Crippen LogP contribution in [0.3, 0.4) is 0 Å². The van der Waals surface area contributed by atoms with E-state index in [4.69, 9.17) is 14.6 Å². The Bertz CT molecular complexity index is 1030. The van der Waals surface area contributed by atoms with Crippen molar-refractivity contribution in [1.29, 1.82) is 0 Å². The number of rotatable bonds is 9. The fourth-order valence-electron chi connectivity index (χ4n) is 5.32. The third-order valence-electron chi connectivity index (χ3n) is 7.23. The predicted octanol–water partition coefficient (Wildman–Crippen LogP) is 5.83. The molecular weight excluding hydrogens is 456 g/mol. The second-order valence-corrected chi connectivity index (χ2v) is 9.94. The van der Waals surface area contributed by atoms with Gasteiger partial charge < -0.3 is 19.9 Å². The maximum absolute atomic E-state index is 12.8. The fraction of sp³-hybridized carbons (Fsp3) is 0.517. The molecule has 2 N–H and O–H groups in total. The molecule has 0 aromatic heterocycles. The zero-order chi connectivity index (χ0) is 25.5. The van der Waals surface area contributed by atoms with E-state index in [1.165, 1.54) is 5.56 Å². The van der Waals surface area contributed by atoms with Crippen molar-refractivity contribution >= 4 is 17.7 Å². The Morgan fingerprint density at radius 1 is 1.08 bits per heavy atom. The highest BCUT2D eigenvalue weighted by Gasteiger charge is 2.28. The maximum atomic E-state index is 12.8. The van der Waals surface area contributed by atoms with Crippen LogP contribution in [0.4, 0.5) is 10.5 Å². The molecule has 1 fully saturated rings. The Kier molecular flexibility index (Phi) is 8.86. The molecule has 2 amide bonds. The van der Waals surface area contributed by atoms with Crippen molar-refractivity contribution in [1.82, 2.24) is 5.32 Å². The molecule has 0 saturated heterocycles. The van der Waals surface area contributed by atoms with Gasteiger partial charge >= 0.3 is 12.0 Å². The van der Waals surface area contributed by atoms with Gasteiger partial charge in [-0.1, -0.05) is 30.3 Å². The number of urea groups is 1. The van der Waals surface area contributed by atoms with Gasteiger partial charge in [0, 0.05) is 26.2 Å². The van der Waals surface area contributed by atoms with Gasteiger partial charge in [0.1, 0.15) is 11.9 Å². The second-order valence-electron chi connectivity index (χ2n) is 9.94. The highest BCUT2D eigenvalue weighted by atomic mass is 16.5. The van der Waals surface area contributed by atoms with E-state index >= 15 is 0 Å². The number of aliphatic carboxylic acids is 1. The number of fused-ring (bicyclic) bond motifs is 1. The lowest BCUT2D eigenvalue weighted by atomic mass is 9.77. The molecular formula is C29H38N2O5. The molecule has 194 valence electrons. The summed E-state index contributed by atoms with van der Waals surface area (Å²) < 4.78 is 11.4. The normalized spacial score (nSPS) is 21.4. The average Bonchev–Trinajstić information content (AvgIpc) is 2.88. The molecule has 1 atom stereocenters. The molecule has 4 rings (SSSR count). The number of carboxylic acids is 1. The summed E-state index contributed by atoms with van der Waals surface area (Å²) in [5.74, 6) is 0.842. The summed E-state index contributed by atoms with van der Waals surface area (Å²) in [6.45, 7) is 6.35. The van der Waals surface area contributed by atoms with Crippen LogP contribution in [0.1, 0.15) is 63.9 Å². The van der Waals surface area contributed by atoms with E-state index in [9.17, 15) is 9.59 Å². The first-order chi connectivity index (χ1) is 17.4. The van der Waals surface area contributed by atoms with Gasteiger partial charge in [0.2, 0.25) is 0 Å². The summed E-state index contributed by atoms with van der Waals surface area (Å²) >= 11 is 0. The Hall–Kier alpha value is -3.06. The minimum absolute atomic E-state index is 0.0967. The first-order valence-electron chi connectivity index (χ1n) is 13.2. The van der Waals surface area contributed by atoms with Gasteiger partial charge in [-0.3, -0.25) is 9.69 Å². The first kappa shape index (κ1) is 26.0. The van der Waals surface area contributed by atoms with Crippen LogP contribution >= 0.6 is 0 Å². The summed E-state index contributed by atoms with van der Waals surface area (Å²) in [6.07, 6.45) is 5.03. The topological polar surface area (TPSA) is 88.1 Å². The second kappa shape index (κ2) is 12.3. The number of carboxylic acid groups (broad SMARTS) is 1. The third-order valence-corrected chi connectivity index (χ3v) is 7.23. The van der Waals surface area contributed by atoms with Crippen LogP contribution in [0.5, 0.6) is 5.75 Å². The maximum Gasteiger partial charge on any atom is 0.322 e. The van der Waals surface area contributed by atoms with Crippen LogP contribution < -0.4 is 15.0 Å². The zero-order valence-corrected chi connectivity index (χ0v) is 21.4. The van der Waals surface area contributed by atoms with E-state index in [1.54, 1.807) is 4.90 Å². The van der Waals surface area contributed by atoms with E-state index in [-0.39, 0.29) is 18.6 Å². The zero-order valence-electron chi connectivity index (χ0n) is 21.4. The Morgan fingerprint density at radius 2 is 1.81 bits per heavy atom. The number of amides is 2. The lowest BCUT2D eigenvalue weighted by molar-refractivity contribution is -0.138. The average molecular weight is 495 g/mol. The summed E-state index contributed by atoms with van der Waals surface area (Å²) in [5, 5.41) is 12.0. The lowest BCUT2D eigenvalue weighted by Gasteiger charge is -2.33. The smallest absolute Gasteiger partial charge is 0.322 e. The molecule has 7 heteroatoms. The summed E-state index contributed by atoms with van der Waals surface area (Å²) in [5.41, 5.74) is 4.27. The number of nitrogens with one attached hydrogen (secondary N) is 1. The summed E-state index contributed by atoms with van der Waals surface area (Å²) in [6, 6.07) is 14.6. The Labute approximate surface area is 213 Å².